The number of carbonyl (C=O) groups excluding carboxylic acids is 3. The zero-order valence-corrected chi connectivity index (χ0v) is 17.0. The molecular formula is C21H23N5O5. The third-order valence-corrected chi connectivity index (χ3v) is 4.97. The van der Waals surface area contributed by atoms with Gasteiger partial charge in [-0.3, -0.25) is 24.5 Å². The van der Waals surface area contributed by atoms with Crippen LogP contribution in [-0.4, -0.2) is 64.8 Å². The van der Waals surface area contributed by atoms with E-state index >= 15 is 0 Å². The molecule has 162 valence electrons. The number of nitro benzene ring substituents is 1. The molecule has 1 aliphatic heterocycles. The van der Waals surface area contributed by atoms with Gasteiger partial charge < -0.3 is 20.9 Å². The van der Waals surface area contributed by atoms with Crippen molar-refractivity contribution >= 4 is 23.4 Å². The molecule has 0 spiro atoms. The molecule has 3 rings (SSSR count). The second-order valence-electron chi connectivity index (χ2n) is 7.12. The van der Waals surface area contributed by atoms with Gasteiger partial charge in [0.1, 0.15) is 0 Å². The number of aryl methyl sites for hydroxylation is 1. The lowest BCUT2D eigenvalue weighted by atomic mass is 10.1. The number of nitro groups is 1. The monoisotopic (exact) mass is 425 g/mol. The standard InChI is InChI=1S/C21H23N5O5/c1-14-5-7-15(8-6-14)20(28)24-11-12-25(19(24)18(27)23-10-9-22)21(29)16-3-2-4-17(13-16)26(30)31/h2-8,13,19H,9-12,22H2,1H3,(H,23,27). The van der Waals surface area contributed by atoms with Crippen LogP contribution in [0.1, 0.15) is 26.3 Å². The van der Waals surface area contributed by atoms with Crippen LogP contribution >= 0.6 is 0 Å². The van der Waals surface area contributed by atoms with Crippen LogP contribution in [0, 0.1) is 17.0 Å². The van der Waals surface area contributed by atoms with Gasteiger partial charge in [-0.2, -0.15) is 0 Å². The first kappa shape index (κ1) is 21.9. The molecule has 0 aliphatic carbocycles. The van der Waals surface area contributed by atoms with Crippen molar-refractivity contribution in [2.45, 2.75) is 13.1 Å². The Morgan fingerprint density at radius 2 is 1.68 bits per heavy atom. The highest BCUT2D eigenvalue weighted by Crippen LogP contribution is 2.23. The third-order valence-electron chi connectivity index (χ3n) is 4.97. The van der Waals surface area contributed by atoms with Crippen molar-refractivity contribution in [3.8, 4) is 0 Å². The zero-order chi connectivity index (χ0) is 22.5. The molecule has 2 aromatic rings. The van der Waals surface area contributed by atoms with E-state index in [1.807, 2.05) is 6.92 Å². The first-order chi connectivity index (χ1) is 14.8. The molecule has 0 saturated carbocycles. The summed E-state index contributed by atoms with van der Waals surface area (Å²) in [5.41, 5.74) is 6.68. The Morgan fingerprint density at radius 1 is 1.06 bits per heavy atom. The van der Waals surface area contributed by atoms with E-state index in [0.29, 0.717) is 5.56 Å². The van der Waals surface area contributed by atoms with E-state index in [0.717, 1.165) is 11.6 Å². The second kappa shape index (κ2) is 9.35. The summed E-state index contributed by atoms with van der Waals surface area (Å²) in [5.74, 6) is -1.50. The lowest BCUT2D eigenvalue weighted by Gasteiger charge is -2.29. The average molecular weight is 425 g/mol. The van der Waals surface area contributed by atoms with Gasteiger partial charge in [0.05, 0.1) is 4.92 Å². The minimum atomic E-state index is -1.19. The van der Waals surface area contributed by atoms with E-state index in [-0.39, 0.29) is 43.3 Å². The number of nitrogens with two attached hydrogens (primary N) is 1. The van der Waals surface area contributed by atoms with Gasteiger partial charge in [0.25, 0.3) is 23.4 Å². The Balaban J connectivity index is 1.92. The Bertz CT molecular complexity index is 1010. The fraction of sp³-hybridized carbons (Fsp3) is 0.286. The Hall–Kier alpha value is -3.79. The van der Waals surface area contributed by atoms with Gasteiger partial charge in [0, 0.05) is 49.4 Å². The molecule has 0 aromatic heterocycles. The van der Waals surface area contributed by atoms with E-state index in [4.69, 9.17) is 5.73 Å². The molecule has 0 radical (unpaired) electrons. The summed E-state index contributed by atoms with van der Waals surface area (Å²) < 4.78 is 0. The van der Waals surface area contributed by atoms with Gasteiger partial charge in [-0.1, -0.05) is 23.8 Å². The smallest absolute Gasteiger partial charge is 0.270 e. The fourth-order valence-electron chi connectivity index (χ4n) is 3.40. The number of carbonyl (C=O) groups is 3. The van der Waals surface area contributed by atoms with Crippen molar-refractivity contribution < 1.29 is 19.3 Å². The lowest BCUT2D eigenvalue weighted by Crippen LogP contribution is -2.54. The summed E-state index contributed by atoms with van der Waals surface area (Å²) in [5, 5.41) is 13.7. The molecule has 31 heavy (non-hydrogen) atoms. The molecule has 10 nitrogen and oxygen atoms in total. The van der Waals surface area contributed by atoms with Gasteiger partial charge in [0.15, 0.2) is 6.17 Å². The van der Waals surface area contributed by atoms with Crippen LogP contribution in [0.5, 0.6) is 0 Å². The molecule has 1 unspecified atom stereocenters. The number of rotatable bonds is 6. The van der Waals surface area contributed by atoms with E-state index in [1.165, 1.54) is 28.0 Å². The number of benzene rings is 2. The normalized spacial score (nSPS) is 15.6. The Kier molecular flexibility index (Phi) is 6.61. The second-order valence-corrected chi connectivity index (χ2v) is 7.12. The molecule has 1 fully saturated rings. The summed E-state index contributed by atoms with van der Waals surface area (Å²) in [7, 11) is 0. The molecule has 0 bridgehead atoms. The molecule has 1 heterocycles. The summed E-state index contributed by atoms with van der Waals surface area (Å²) in [6.07, 6.45) is -1.19. The van der Waals surface area contributed by atoms with Crippen molar-refractivity contribution in [1.82, 2.24) is 15.1 Å². The largest absolute Gasteiger partial charge is 0.351 e. The van der Waals surface area contributed by atoms with Crippen LogP contribution in [-0.2, 0) is 4.79 Å². The van der Waals surface area contributed by atoms with Crippen molar-refractivity contribution in [3.63, 3.8) is 0 Å². The van der Waals surface area contributed by atoms with E-state index < -0.39 is 22.9 Å². The minimum Gasteiger partial charge on any atom is -0.351 e. The molecule has 10 heteroatoms. The van der Waals surface area contributed by atoms with Crippen LogP contribution in [0.3, 0.4) is 0 Å². The third kappa shape index (κ3) is 4.69. The SMILES string of the molecule is Cc1ccc(C(=O)N2CCN(C(=O)c3cccc([N+](=O)[O-])c3)C2C(=O)NCCN)cc1. The number of amides is 3. The summed E-state index contributed by atoms with van der Waals surface area (Å²) >= 11 is 0. The Morgan fingerprint density at radius 3 is 2.26 bits per heavy atom. The quantitative estimate of drug-likeness (QED) is 0.521. The number of hydrogen-bond donors (Lipinski definition) is 2. The van der Waals surface area contributed by atoms with Gasteiger partial charge >= 0.3 is 0 Å². The predicted octanol–water partition coefficient (Wildman–Crippen LogP) is 0.902. The molecule has 3 N–H and O–H groups in total. The van der Waals surface area contributed by atoms with Crippen molar-refractivity contribution in [2.24, 2.45) is 5.73 Å². The lowest BCUT2D eigenvalue weighted by molar-refractivity contribution is -0.384. The fourth-order valence-corrected chi connectivity index (χ4v) is 3.40. The average Bonchev–Trinajstić information content (AvgIpc) is 3.22. The molecule has 3 amide bonds. The zero-order valence-electron chi connectivity index (χ0n) is 17.0. The summed E-state index contributed by atoms with van der Waals surface area (Å²) in [4.78, 5) is 52.1. The van der Waals surface area contributed by atoms with Gasteiger partial charge in [-0.25, -0.2) is 0 Å². The number of hydrogen-bond acceptors (Lipinski definition) is 6. The van der Waals surface area contributed by atoms with Gasteiger partial charge in [-0.15, -0.1) is 0 Å². The topological polar surface area (TPSA) is 139 Å². The highest BCUT2D eigenvalue weighted by Gasteiger charge is 2.43. The first-order valence-corrected chi connectivity index (χ1v) is 9.74. The maximum atomic E-state index is 13.1. The predicted molar refractivity (Wildman–Crippen MR) is 112 cm³/mol. The minimum absolute atomic E-state index is 0.0652. The van der Waals surface area contributed by atoms with Gasteiger partial charge in [0.2, 0.25) is 0 Å². The van der Waals surface area contributed by atoms with E-state index in [2.05, 4.69) is 5.32 Å². The van der Waals surface area contributed by atoms with Crippen LogP contribution in [0.25, 0.3) is 0 Å². The highest BCUT2D eigenvalue weighted by molar-refractivity contribution is 6.02. The summed E-state index contributed by atoms with van der Waals surface area (Å²) in [6.45, 7) is 2.53. The van der Waals surface area contributed by atoms with Crippen LogP contribution in [0.2, 0.25) is 0 Å². The van der Waals surface area contributed by atoms with E-state index in [1.54, 1.807) is 24.3 Å². The molecule has 2 aromatic carbocycles. The maximum Gasteiger partial charge on any atom is 0.270 e. The number of nitrogens with one attached hydrogen (secondary N) is 1. The first-order valence-electron chi connectivity index (χ1n) is 9.74. The van der Waals surface area contributed by atoms with Crippen LogP contribution in [0.4, 0.5) is 5.69 Å². The van der Waals surface area contributed by atoms with E-state index in [9.17, 15) is 24.5 Å². The van der Waals surface area contributed by atoms with Crippen molar-refractivity contribution in [1.29, 1.82) is 0 Å². The molecule has 1 aliphatic rings. The molecular weight excluding hydrogens is 402 g/mol. The molecule has 1 saturated heterocycles. The van der Waals surface area contributed by atoms with Crippen LogP contribution < -0.4 is 11.1 Å². The van der Waals surface area contributed by atoms with Crippen molar-refractivity contribution in [3.05, 3.63) is 75.3 Å². The number of nitrogens with zero attached hydrogens (tertiary/aromatic N) is 3. The van der Waals surface area contributed by atoms with Crippen molar-refractivity contribution in [2.75, 3.05) is 26.2 Å². The van der Waals surface area contributed by atoms with Crippen LogP contribution in [0.15, 0.2) is 48.5 Å². The molecule has 1 atom stereocenters. The number of non-ortho nitro benzene ring substituents is 1. The Labute approximate surface area is 178 Å². The highest BCUT2D eigenvalue weighted by atomic mass is 16.6. The van der Waals surface area contributed by atoms with Gasteiger partial charge in [-0.05, 0) is 25.1 Å². The summed E-state index contributed by atoms with van der Waals surface area (Å²) in [6, 6.07) is 12.2. The maximum absolute atomic E-state index is 13.1.